The first-order valence-corrected chi connectivity index (χ1v) is 10.6. The minimum atomic E-state index is -0.568. The largest absolute Gasteiger partial charge is 0.486 e. The van der Waals surface area contributed by atoms with Crippen molar-refractivity contribution in [3.05, 3.63) is 64.2 Å². The van der Waals surface area contributed by atoms with Gasteiger partial charge in [-0.3, -0.25) is 14.4 Å². The number of carbonyl (C=O) groups is 3. The van der Waals surface area contributed by atoms with Gasteiger partial charge in [-0.05, 0) is 24.6 Å². The predicted molar refractivity (Wildman–Crippen MR) is 114 cm³/mol. The summed E-state index contributed by atoms with van der Waals surface area (Å²) in [7, 11) is 0. The molecule has 0 aliphatic carbocycles. The fourth-order valence-corrected chi connectivity index (χ4v) is 4.37. The van der Waals surface area contributed by atoms with E-state index in [1.54, 1.807) is 23.1 Å². The third kappa shape index (κ3) is 4.12. The van der Waals surface area contributed by atoms with Gasteiger partial charge in [0.15, 0.2) is 11.6 Å². The number of ketones is 2. The van der Waals surface area contributed by atoms with Gasteiger partial charge in [-0.25, -0.2) is 0 Å². The third-order valence-electron chi connectivity index (χ3n) is 6.06. The van der Waals surface area contributed by atoms with Crippen molar-refractivity contribution in [3.8, 4) is 5.75 Å². The average molecular weight is 426 g/mol. The summed E-state index contributed by atoms with van der Waals surface area (Å²) in [4.78, 5) is 39.3. The number of benzene rings is 2. The number of piperidine rings is 1. The maximum absolute atomic E-state index is 12.7. The number of ether oxygens (including phenoxy) is 1. The molecule has 0 radical (unpaired) electrons. The van der Waals surface area contributed by atoms with Gasteiger partial charge in [-0.15, -0.1) is 0 Å². The molecule has 0 atom stereocenters. The Kier molecular flexibility index (Phi) is 5.65. The molecule has 1 spiro atoms. The van der Waals surface area contributed by atoms with Gasteiger partial charge in [0.2, 0.25) is 5.91 Å². The van der Waals surface area contributed by atoms with Crippen LogP contribution in [0, 0.1) is 6.92 Å². The van der Waals surface area contributed by atoms with E-state index in [9.17, 15) is 14.4 Å². The van der Waals surface area contributed by atoms with Gasteiger partial charge in [0.25, 0.3) is 0 Å². The summed E-state index contributed by atoms with van der Waals surface area (Å²) in [5, 5.41) is 0.562. The Bertz CT molecular complexity index is 994. The van der Waals surface area contributed by atoms with E-state index >= 15 is 0 Å². The molecule has 1 amide bonds. The van der Waals surface area contributed by atoms with Crippen LogP contribution >= 0.6 is 11.6 Å². The standard InChI is InChI=1S/C24H24ClNO4/c1-16-13-22-18(14-19(16)25)21(28)15-24(30-22)9-11-26(12-10-24)23(29)8-7-20(27)17-5-3-2-4-6-17/h2-6,13-14H,7-12,15H2,1H3. The molecule has 4 rings (SSSR count). The SMILES string of the molecule is Cc1cc2c(cc1Cl)C(=O)CC1(CCN(C(=O)CCC(=O)c3ccccc3)CC1)O2. The summed E-state index contributed by atoms with van der Waals surface area (Å²) in [5.74, 6) is 0.566. The lowest BCUT2D eigenvalue weighted by atomic mass is 9.82. The van der Waals surface area contributed by atoms with Gasteiger partial charge < -0.3 is 9.64 Å². The van der Waals surface area contributed by atoms with Crippen molar-refractivity contribution in [2.45, 2.75) is 44.6 Å². The van der Waals surface area contributed by atoms with E-state index in [0.717, 1.165) is 5.56 Å². The van der Waals surface area contributed by atoms with Gasteiger partial charge in [-0.1, -0.05) is 41.9 Å². The second kappa shape index (κ2) is 8.23. The van der Waals surface area contributed by atoms with E-state index in [4.69, 9.17) is 16.3 Å². The van der Waals surface area contributed by atoms with Crippen LogP contribution in [0.4, 0.5) is 0 Å². The number of fused-ring (bicyclic) bond motifs is 1. The monoisotopic (exact) mass is 425 g/mol. The zero-order valence-corrected chi connectivity index (χ0v) is 17.7. The molecule has 6 heteroatoms. The van der Waals surface area contributed by atoms with E-state index in [1.165, 1.54) is 0 Å². The quantitative estimate of drug-likeness (QED) is 0.669. The molecule has 2 aliphatic heterocycles. The number of likely N-dealkylation sites (tertiary alicyclic amines) is 1. The highest BCUT2D eigenvalue weighted by Crippen LogP contribution is 2.41. The first kappa shape index (κ1) is 20.6. The second-order valence-corrected chi connectivity index (χ2v) is 8.56. The number of amides is 1. The minimum Gasteiger partial charge on any atom is -0.486 e. The highest BCUT2D eigenvalue weighted by molar-refractivity contribution is 6.31. The molecule has 0 unspecified atom stereocenters. The second-order valence-electron chi connectivity index (χ2n) is 8.15. The van der Waals surface area contributed by atoms with Crippen molar-refractivity contribution < 1.29 is 19.1 Å². The Balaban J connectivity index is 1.35. The number of hydrogen-bond acceptors (Lipinski definition) is 4. The molecule has 2 aromatic rings. The molecule has 30 heavy (non-hydrogen) atoms. The topological polar surface area (TPSA) is 63.7 Å². The molecule has 0 N–H and O–H groups in total. The summed E-state index contributed by atoms with van der Waals surface area (Å²) in [6.07, 6.45) is 1.89. The Hall–Kier alpha value is -2.66. The molecule has 156 valence electrons. The molecule has 2 aromatic carbocycles. The molecule has 5 nitrogen and oxygen atoms in total. The molecule has 2 aliphatic rings. The Labute approximate surface area is 181 Å². The lowest BCUT2D eigenvalue weighted by Gasteiger charge is -2.44. The number of rotatable bonds is 4. The van der Waals surface area contributed by atoms with Crippen molar-refractivity contribution >= 4 is 29.1 Å². The lowest BCUT2D eigenvalue weighted by Crippen LogP contribution is -2.52. The zero-order valence-electron chi connectivity index (χ0n) is 16.9. The highest BCUT2D eigenvalue weighted by Gasteiger charge is 2.43. The van der Waals surface area contributed by atoms with Crippen LogP contribution in [-0.4, -0.2) is 41.1 Å². The van der Waals surface area contributed by atoms with Crippen LogP contribution in [0.2, 0.25) is 5.02 Å². The maximum Gasteiger partial charge on any atom is 0.223 e. The van der Waals surface area contributed by atoms with E-state index < -0.39 is 5.60 Å². The van der Waals surface area contributed by atoms with E-state index in [-0.39, 0.29) is 30.3 Å². The van der Waals surface area contributed by atoms with Crippen LogP contribution in [0.3, 0.4) is 0 Å². The third-order valence-corrected chi connectivity index (χ3v) is 6.47. The Morgan fingerprint density at radius 1 is 1.10 bits per heavy atom. The summed E-state index contributed by atoms with van der Waals surface area (Å²) >= 11 is 6.16. The maximum atomic E-state index is 12.7. The summed E-state index contributed by atoms with van der Waals surface area (Å²) < 4.78 is 6.28. The number of halogens is 1. The Morgan fingerprint density at radius 3 is 2.50 bits per heavy atom. The van der Waals surface area contributed by atoms with Crippen LogP contribution in [-0.2, 0) is 4.79 Å². The smallest absolute Gasteiger partial charge is 0.223 e. The van der Waals surface area contributed by atoms with Crippen molar-refractivity contribution in [2.24, 2.45) is 0 Å². The first-order valence-electron chi connectivity index (χ1n) is 10.3. The molecule has 2 heterocycles. The van der Waals surface area contributed by atoms with E-state index in [1.807, 2.05) is 31.2 Å². The minimum absolute atomic E-state index is 0.0238. The number of carbonyl (C=O) groups excluding carboxylic acids is 3. The molecule has 0 saturated carbocycles. The van der Waals surface area contributed by atoms with Gasteiger partial charge in [-0.2, -0.15) is 0 Å². The first-order chi connectivity index (χ1) is 14.4. The average Bonchev–Trinajstić information content (AvgIpc) is 2.74. The van der Waals surface area contributed by atoms with Gasteiger partial charge >= 0.3 is 0 Å². The molecular formula is C24H24ClNO4. The van der Waals surface area contributed by atoms with Crippen LogP contribution in [0.1, 0.15) is 58.4 Å². The van der Waals surface area contributed by atoms with Crippen LogP contribution in [0.25, 0.3) is 0 Å². The molecule has 0 aromatic heterocycles. The zero-order chi connectivity index (χ0) is 21.3. The highest BCUT2D eigenvalue weighted by atomic mass is 35.5. The molecular weight excluding hydrogens is 402 g/mol. The molecule has 0 bridgehead atoms. The van der Waals surface area contributed by atoms with Gasteiger partial charge in [0, 0.05) is 49.4 Å². The van der Waals surface area contributed by atoms with Crippen LogP contribution in [0.5, 0.6) is 5.75 Å². The number of aryl methyl sites for hydroxylation is 1. The van der Waals surface area contributed by atoms with E-state index in [2.05, 4.69) is 0 Å². The normalized spacial score (nSPS) is 17.4. The predicted octanol–water partition coefficient (Wildman–Crippen LogP) is 4.64. The van der Waals surface area contributed by atoms with Crippen molar-refractivity contribution in [1.82, 2.24) is 4.90 Å². The van der Waals surface area contributed by atoms with Crippen molar-refractivity contribution in [2.75, 3.05) is 13.1 Å². The van der Waals surface area contributed by atoms with E-state index in [0.29, 0.717) is 54.3 Å². The molecule has 1 fully saturated rings. The fourth-order valence-electron chi connectivity index (χ4n) is 4.20. The number of nitrogens with zero attached hydrogens (tertiary/aromatic N) is 1. The van der Waals surface area contributed by atoms with Gasteiger partial charge in [0.1, 0.15) is 11.4 Å². The molecule has 1 saturated heterocycles. The lowest BCUT2D eigenvalue weighted by molar-refractivity contribution is -0.134. The number of Topliss-reactive ketones (excluding diaryl/α,β-unsaturated/α-hetero) is 2. The summed E-state index contributed by atoms with van der Waals surface area (Å²) in [5.41, 5.74) is 1.47. The summed E-state index contributed by atoms with van der Waals surface area (Å²) in [6, 6.07) is 12.5. The van der Waals surface area contributed by atoms with Crippen molar-refractivity contribution in [3.63, 3.8) is 0 Å². The summed E-state index contributed by atoms with van der Waals surface area (Å²) in [6.45, 7) is 2.93. The van der Waals surface area contributed by atoms with Crippen LogP contribution in [0.15, 0.2) is 42.5 Å². The fraction of sp³-hybridized carbons (Fsp3) is 0.375. The Morgan fingerprint density at radius 2 is 1.80 bits per heavy atom. The van der Waals surface area contributed by atoms with Crippen molar-refractivity contribution in [1.29, 1.82) is 0 Å². The number of hydrogen-bond donors (Lipinski definition) is 0. The van der Waals surface area contributed by atoms with Gasteiger partial charge in [0.05, 0.1) is 12.0 Å². The van der Waals surface area contributed by atoms with Crippen LogP contribution < -0.4 is 4.74 Å².